The standard InChI is InChI=1S/C5H15NO3Si/c1-3-6(4-2)5-10(7,8)9/h7-9H,3-5H2,1-2H3. The lowest BCUT2D eigenvalue weighted by Gasteiger charge is -2.20. The Morgan fingerprint density at radius 2 is 1.50 bits per heavy atom. The van der Waals surface area contributed by atoms with Gasteiger partial charge in [-0.1, -0.05) is 13.8 Å². The molecule has 0 aliphatic rings. The number of hydrogen-bond acceptors (Lipinski definition) is 4. The summed E-state index contributed by atoms with van der Waals surface area (Å²) in [5.41, 5.74) is 0. The molecule has 0 aromatic rings. The molecule has 10 heavy (non-hydrogen) atoms. The Morgan fingerprint density at radius 3 is 1.60 bits per heavy atom. The minimum Gasteiger partial charge on any atom is -0.389 e. The summed E-state index contributed by atoms with van der Waals surface area (Å²) in [5, 5.41) is 0. The molecule has 5 heteroatoms. The second-order valence-electron chi connectivity index (χ2n) is 2.24. The van der Waals surface area contributed by atoms with Crippen LogP contribution in [-0.2, 0) is 0 Å². The van der Waals surface area contributed by atoms with Gasteiger partial charge < -0.3 is 14.4 Å². The topological polar surface area (TPSA) is 63.9 Å². The van der Waals surface area contributed by atoms with Crippen LogP contribution in [0.1, 0.15) is 13.8 Å². The molecule has 0 aliphatic heterocycles. The summed E-state index contributed by atoms with van der Waals surface area (Å²) in [6.45, 7) is 5.27. The van der Waals surface area contributed by atoms with E-state index in [-0.39, 0.29) is 6.17 Å². The van der Waals surface area contributed by atoms with E-state index in [0.29, 0.717) is 0 Å². The van der Waals surface area contributed by atoms with Crippen LogP contribution < -0.4 is 0 Å². The van der Waals surface area contributed by atoms with E-state index >= 15 is 0 Å². The van der Waals surface area contributed by atoms with Gasteiger partial charge in [0, 0.05) is 0 Å². The normalized spacial score (nSPS) is 12.6. The molecule has 0 rings (SSSR count). The maximum absolute atomic E-state index is 8.66. The molecule has 0 saturated carbocycles. The van der Waals surface area contributed by atoms with Gasteiger partial charge in [-0.3, -0.25) is 4.90 Å². The quantitative estimate of drug-likeness (QED) is 0.457. The van der Waals surface area contributed by atoms with Crippen LogP contribution in [0.5, 0.6) is 0 Å². The van der Waals surface area contributed by atoms with Crippen LogP contribution in [0.4, 0.5) is 0 Å². The van der Waals surface area contributed by atoms with Crippen molar-refractivity contribution in [1.82, 2.24) is 4.90 Å². The van der Waals surface area contributed by atoms with Crippen molar-refractivity contribution in [2.75, 3.05) is 19.3 Å². The van der Waals surface area contributed by atoms with Crippen LogP contribution in [0.3, 0.4) is 0 Å². The van der Waals surface area contributed by atoms with Crippen molar-refractivity contribution in [2.24, 2.45) is 0 Å². The Kier molecular flexibility index (Phi) is 4.07. The summed E-state index contributed by atoms with van der Waals surface area (Å²) in [5.74, 6) is 0. The van der Waals surface area contributed by atoms with E-state index < -0.39 is 8.80 Å². The number of nitrogens with zero attached hydrogens (tertiary/aromatic N) is 1. The molecular weight excluding hydrogens is 150 g/mol. The van der Waals surface area contributed by atoms with Crippen LogP contribution in [0.15, 0.2) is 0 Å². The fourth-order valence-electron chi connectivity index (χ4n) is 0.747. The fraction of sp³-hybridized carbons (Fsp3) is 1.00. The minimum atomic E-state index is -3.84. The Bertz CT molecular complexity index is 89.4. The molecule has 0 unspecified atom stereocenters. The smallest absolute Gasteiger partial charge is 0.389 e. The lowest BCUT2D eigenvalue weighted by Crippen LogP contribution is -2.48. The molecule has 0 atom stereocenters. The maximum atomic E-state index is 8.66. The van der Waals surface area contributed by atoms with Gasteiger partial charge in [-0.05, 0) is 13.1 Å². The van der Waals surface area contributed by atoms with Gasteiger partial charge in [0.1, 0.15) is 0 Å². The molecule has 0 amide bonds. The van der Waals surface area contributed by atoms with Crippen molar-refractivity contribution in [2.45, 2.75) is 13.8 Å². The molecule has 0 aromatic carbocycles. The first-order chi connectivity index (χ1) is 4.49. The Hall–Kier alpha value is 0.0569. The summed E-state index contributed by atoms with van der Waals surface area (Å²) >= 11 is 0. The number of hydrogen-bond donors (Lipinski definition) is 3. The van der Waals surface area contributed by atoms with E-state index in [0.717, 1.165) is 13.1 Å². The predicted molar refractivity (Wildman–Crippen MR) is 40.2 cm³/mol. The Labute approximate surface area is 62.1 Å². The zero-order chi connectivity index (χ0) is 8.20. The zero-order valence-corrected chi connectivity index (χ0v) is 7.41. The Balaban J connectivity index is 3.63. The minimum absolute atomic E-state index is 0.0139. The van der Waals surface area contributed by atoms with Gasteiger partial charge in [0.25, 0.3) is 0 Å². The molecule has 0 radical (unpaired) electrons. The largest absolute Gasteiger partial charge is 0.507 e. The van der Waals surface area contributed by atoms with Crippen molar-refractivity contribution < 1.29 is 14.4 Å². The molecule has 62 valence electrons. The molecule has 0 heterocycles. The van der Waals surface area contributed by atoms with Crippen LogP contribution in [0.2, 0.25) is 0 Å². The molecule has 0 bridgehead atoms. The highest BCUT2D eigenvalue weighted by atomic mass is 28.4. The first-order valence-corrected chi connectivity index (χ1v) is 5.44. The summed E-state index contributed by atoms with van der Waals surface area (Å²) in [4.78, 5) is 27.7. The average molecular weight is 165 g/mol. The lowest BCUT2D eigenvalue weighted by molar-refractivity contribution is 0.189. The molecule has 4 nitrogen and oxygen atoms in total. The third kappa shape index (κ3) is 4.89. The van der Waals surface area contributed by atoms with E-state index in [1.165, 1.54) is 0 Å². The summed E-state index contributed by atoms with van der Waals surface area (Å²) in [6.07, 6.45) is 0.0139. The summed E-state index contributed by atoms with van der Waals surface area (Å²) < 4.78 is 0. The van der Waals surface area contributed by atoms with E-state index in [2.05, 4.69) is 0 Å². The van der Waals surface area contributed by atoms with Crippen LogP contribution >= 0.6 is 0 Å². The third-order valence-corrected chi connectivity index (χ3v) is 2.20. The van der Waals surface area contributed by atoms with Crippen molar-refractivity contribution in [3.8, 4) is 0 Å². The monoisotopic (exact) mass is 165 g/mol. The van der Waals surface area contributed by atoms with E-state index in [1.807, 2.05) is 13.8 Å². The highest BCUT2D eigenvalue weighted by molar-refractivity contribution is 6.56. The average Bonchev–Trinajstić information content (AvgIpc) is 1.81. The summed E-state index contributed by atoms with van der Waals surface area (Å²) in [7, 11) is -3.84. The summed E-state index contributed by atoms with van der Waals surface area (Å²) in [6, 6.07) is 0. The number of rotatable bonds is 4. The highest BCUT2D eigenvalue weighted by Crippen LogP contribution is 1.92. The van der Waals surface area contributed by atoms with Crippen molar-refractivity contribution in [3.05, 3.63) is 0 Å². The molecule has 0 aromatic heterocycles. The van der Waals surface area contributed by atoms with Gasteiger partial charge in [0.15, 0.2) is 0 Å². The van der Waals surface area contributed by atoms with Crippen molar-refractivity contribution in [3.63, 3.8) is 0 Å². The molecule has 0 spiro atoms. The van der Waals surface area contributed by atoms with Crippen molar-refractivity contribution >= 4 is 8.80 Å². The van der Waals surface area contributed by atoms with Gasteiger partial charge in [-0.25, -0.2) is 0 Å². The first kappa shape index (κ1) is 10.1. The fourth-order valence-corrected chi connectivity index (χ4v) is 1.79. The highest BCUT2D eigenvalue weighted by Gasteiger charge is 2.28. The second-order valence-corrected chi connectivity index (χ2v) is 4.10. The molecule has 0 aliphatic carbocycles. The van der Waals surface area contributed by atoms with Gasteiger partial charge in [-0.2, -0.15) is 0 Å². The van der Waals surface area contributed by atoms with E-state index in [9.17, 15) is 0 Å². The van der Waals surface area contributed by atoms with Gasteiger partial charge in [-0.15, -0.1) is 0 Å². The zero-order valence-electron chi connectivity index (χ0n) is 6.41. The maximum Gasteiger partial charge on any atom is 0.507 e. The van der Waals surface area contributed by atoms with Gasteiger partial charge in [0.2, 0.25) is 0 Å². The molecule has 0 fully saturated rings. The molecular formula is C5H15NO3Si. The molecule has 0 saturated heterocycles. The SMILES string of the molecule is CCN(CC)C[Si](O)(O)O. The second kappa shape index (κ2) is 4.04. The van der Waals surface area contributed by atoms with Crippen molar-refractivity contribution in [1.29, 1.82) is 0 Å². The van der Waals surface area contributed by atoms with Crippen LogP contribution in [0.25, 0.3) is 0 Å². The lowest BCUT2D eigenvalue weighted by atomic mass is 10.6. The predicted octanol–water partition coefficient (Wildman–Crippen LogP) is -1.22. The van der Waals surface area contributed by atoms with Gasteiger partial charge in [0.05, 0.1) is 6.17 Å². The van der Waals surface area contributed by atoms with Crippen LogP contribution in [-0.4, -0.2) is 47.3 Å². The van der Waals surface area contributed by atoms with Gasteiger partial charge >= 0.3 is 8.80 Å². The Morgan fingerprint density at radius 1 is 1.10 bits per heavy atom. The molecule has 3 N–H and O–H groups in total. The third-order valence-electron chi connectivity index (χ3n) is 1.33. The van der Waals surface area contributed by atoms with E-state index in [4.69, 9.17) is 14.4 Å². The van der Waals surface area contributed by atoms with Crippen LogP contribution in [0, 0.1) is 0 Å². The first-order valence-electron chi connectivity index (χ1n) is 3.39. The van der Waals surface area contributed by atoms with E-state index in [1.54, 1.807) is 4.90 Å².